The van der Waals surface area contributed by atoms with Crippen LogP contribution in [0.15, 0.2) is 117 Å². The molecule has 2 atom stereocenters. The standard InChI is InChI=1S/C52H62ClF3N6O8S3/c1-50(2,3)70-49(65)62-29-25-60(26-30-62)36-51(4)22-20-45(37-10-14-40(53)15-11-37)39(33-51)34-59-23-27-61(28-24-59)42-16-12-38(13-17-42)48(64)58-73(68,69)44-18-19-46(47(32-44)72(66,67)52(54,55)56)57-41(21-31-63)35-71-43-8-6-5-7-9-43/h5-19,31-32,41,57H,20-30,33-36H2,1-4H3,(H,58,64)/t41-,51-/m1/s1. The molecule has 2 amide bonds. The van der Waals surface area contributed by atoms with Crippen LogP contribution in [0.25, 0.3) is 5.57 Å². The Labute approximate surface area is 435 Å². The van der Waals surface area contributed by atoms with Gasteiger partial charge in [0.15, 0.2) is 0 Å². The molecule has 2 saturated heterocycles. The van der Waals surface area contributed by atoms with E-state index in [1.165, 1.54) is 40.6 Å². The van der Waals surface area contributed by atoms with E-state index in [1.54, 1.807) is 47.4 Å². The highest BCUT2D eigenvalue weighted by Gasteiger charge is 2.48. The van der Waals surface area contributed by atoms with E-state index in [0.717, 1.165) is 81.2 Å². The molecule has 0 saturated carbocycles. The van der Waals surface area contributed by atoms with Crippen LogP contribution in [0.5, 0.6) is 0 Å². The first kappa shape index (κ1) is 55.6. The molecule has 4 aromatic carbocycles. The summed E-state index contributed by atoms with van der Waals surface area (Å²) in [6, 6.07) is 24.5. The zero-order valence-corrected chi connectivity index (χ0v) is 44.5. The first-order valence-corrected chi connectivity index (χ1v) is 28.4. The molecular formula is C52H62ClF3N6O8S3. The number of nitrogens with one attached hydrogen (secondary N) is 2. The predicted molar refractivity (Wildman–Crippen MR) is 279 cm³/mol. The van der Waals surface area contributed by atoms with Crippen LogP contribution in [0.3, 0.4) is 0 Å². The van der Waals surface area contributed by atoms with Crippen LogP contribution in [-0.2, 0) is 29.4 Å². The number of ether oxygens (including phenoxy) is 1. The summed E-state index contributed by atoms with van der Waals surface area (Å²) in [4.78, 5) is 45.0. The maximum absolute atomic E-state index is 14.0. The molecule has 0 radical (unpaired) electrons. The first-order chi connectivity index (χ1) is 34.4. The van der Waals surface area contributed by atoms with E-state index in [4.69, 9.17) is 16.3 Å². The van der Waals surface area contributed by atoms with Crippen LogP contribution < -0.4 is 14.9 Å². The summed E-state index contributed by atoms with van der Waals surface area (Å²) < 4.78 is 102. The average Bonchev–Trinajstić information content (AvgIpc) is 3.33. The Hall–Kier alpha value is -5.12. The summed E-state index contributed by atoms with van der Waals surface area (Å²) >= 11 is 7.58. The number of thioether (sulfide) groups is 1. The zero-order valence-electron chi connectivity index (χ0n) is 41.3. The number of sulfone groups is 1. The summed E-state index contributed by atoms with van der Waals surface area (Å²) in [7, 11) is -11.0. The Morgan fingerprint density at radius 2 is 1.49 bits per heavy atom. The maximum Gasteiger partial charge on any atom is 0.501 e. The fraction of sp³-hybridized carbons (Fsp3) is 0.442. The summed E-state index contributed by atoms with van der Waals surface area (Å²) in [5, 5.41) is 3.37. The van der Waals surface area contributed by atoms with Crippen molar-refractivity contribution in [2.24, 2.45) is 5.41 Å². The molecule has 0 spiro atoms. The second-order valence-corrected chi connectivity index (χ2v) is 25.2. The molecule has 0 bridgehead atoms. The zero-order chi connectivity index (χ0) is 52.8. The van der Waals surface area contributed by atoms with Gasteiger partial charge >= 0.3 is 11.6 Å². The second kappa shape index (κ2) is 23.2. The number of sulfonamides is 1. The van der Waals surface area contributed by atoms with E-state index in [-0.39, 0.29) is 29.2 Å². The van der Waals surface area contributed by atoms with E-state index in [0.29, 0.717) is 43.6 Å². The van der Waals surface area contributed by atoms with E-state index in [9.17, 15) is 44.4 Å². The average molecular weight is 1090 g/mol. The number of piperazine rings is 2. The van der Waals surface area contributed by atoms with Crippen LogP contribution in [0, 0.1) is 5.41 Å². The van der Waals surface area contributed by atoms with E-state index in [1.807, 2.05) is 37.6 Å². The molecule has 2 heterocycles. The van der Waals surface area contributed by atoms with Crippen LogP contribution in [0.4, 0.5) is 29.3 Å². The van der Waals surface area contributed by atoms with Crippen molar-refractivity contribution in [2.45, 2.75) is 85.2 Å². The van der Waals surface area contributed by atoms with Gasteiger partial charge in [-0.05, 0) is 123 Å². The summed E-state index contributed by atoms with van der Waals surface area (Å²) in [5.41, 5.74) is -2.22. The topological polar surface area (TPSA) is 166 Å². The fourth-order valence-electron chi connectivity index (χ4n) is 9.41. The van der Waals surface area contributed by atoms with Crippen LogP contribution in [-0.4, -0.2) is 138 Å². The van der Waals surface area contributed by atoms with Crippen molar-refractivity contribution in [1.29, 1.82) is 0 Å². The number of benzene rings is 4. The van der Waals surface area contributed by atoms with Gasteiger partial charge in [0, 0.05) is 105 Å². The second-order valence-electron chi connectivity index (χ2n) is 20.0. The molecule has 1 aliphatic carbocycles. The van der Waals surface area contributed by atoms with Gasteiger partial charge in [0.05, 0.1) is 10.6 Å². The largest absolute Gasteiger partial charge is 0.501 e. The lowest BCUT2D eigenvalue weighted by Crippen LogP contribution is -2.52. The number of amides is 2. The number of halogens is 4. The van der Waals surface area contributed by atoms with Crippen molar-refractivity contribution in [1.82, 2.24) is 19.4 Å². The number of rotatable bonds is 17. The molecular weight excluding hydrogens is 1030 g/mol. The minimum absolute atomic E-state index is 0.0257. The predicted octanol–water partition coefficient (Wildman–Crippen LogP) is 9.23. The molecule has 2 aliphatic heterocycles. The monoisotopic (exact) mass is 1090 g/mol. The number of carbonyl (C=O) groups excluding carboxylic acids is 3. The number of carbonyl (C=O) groups is 3. The quantitative estimate of drug-likeness (QED) is 0.0760. The molecule has 73 heavy (non-hydrogen) atoms. The molecule has 21 heteroatoms. The fourth-order valence-corrected chi connectivity index (χ4v) is 12.5. The number of allylic oxidation sites excluding steroid dienone is 1. The molecule has 0 unspecified atom stereocenters. The molecule has 4 aromatic rings. The van der Waals surface area contributed by atoms with Crippen LogP contribution in [0.1, 0.15) is 69.3 Å². The SMILES string of the molecule is CC(C)(C)OC(=O)N1CCN(C[C@]2(C)CCC(c3ccc(Cl)cc3)=C(CN3CCN(c4ccc(C(=O)NS(=O)(=O)c5ccc(N[C@H](CC=O)CSc6ccccc6)c(S(=O)(=O)C(F)(F)F)c5)cc4)CC3)C2)CC1. The van der Waals surface area contributed by atoms with Crippen molar-refractivity contribution in [3.8, 4) is 0 Å². The molecule has 2 N–H and O–H groups in total. The van der Waals surface area contributed by atoms with Crippen molar-refractivity contribution >= 4 is 78.5 Å². The number of hydrogen-bond acceptors (Lipinski definition) is 13. The third-order valence-corrected chi connectivity index (χ3v) is 17.4. The minimum atomic E-state index is -6.12. The summed E-state index contributed by atoms with van der Waals surface area (Å²) in [6.45, 7) is 15.4. The van der Waals surface area contributed by atoms with Gasteiger partial charge in [-0.25, -0.2) is 26.4 Å². The van der Waals surface area contributed by atoms with E-state index < -0.39 is 58.4 Å². The number of aldehydes is 1. The lowest BCUT2D eigenvalue weighted by Gasteiger charge is -2.44. The molecule has 14 nitrogen and oxygen atoms in total. The van der Waals surface area contributed by atoms with Crippen molar-refractivity contribution in [3.63, 3.8) is 0 Å². The third kappa shape index (κ3) is 14.6. The van der Waals surface area contributed by atoms with Gasteiger partial charge in [-0.15, -0.1) is 11.8 Å². The van der Waals surface area contributed by atoms with Gasteiger partial charge in [0.25, 0.3) is 25.8 Å². The Bertz CT molecular complexity index is 2860. The number of hydrogen-bond donors (Lipinski definition) is 2. The number of nitrogens with zero attached hydrogens (tertiary/aromatic N) is 4. The van der Waals surface area contributed by atoms with Gasteiger partial charge < -0.3 is 24.6 Å². The highest BCUT2D eigenvalue weighted by Crippen LogP contribution is 2.44. The Balaban J connectivity index is 0.980. The van der Waals surface area contributed by atoms with Gasteiger partial charge in [0.2, 0.25) is 0 Å². The molecule has 7 rings (SSSR count). The van der Waals surface area contributed by atoms with Gasteiger partial charge in [-0.2, -0.15) is 13.2 Å². The normalized spacial score (nSPS) is 19.1. The van der Waals surface area contributed by atoms with E-state index >= 15 is 0 Å². The van der Waals surface area contributed by atoms with Crippen molar-refractivity contribution in [3.05, 3.63) is 119 Å². The number of alkyl halides is 3. The molecule has 2 fully saturated rings. The highest BCUT2D eigenvalue weighted by molar-refractivity contribution is 7.99. The Morgan fingerprint density at radius 3 is 2.11 bits per heavy atom. The summed E-state index contributed by atoms with van der Waals surface area (Å²) in [6.07, 6.45) is 2.94. The molecule has 394 valence electrons. The molecule has 0 aromatic heterocycles. The van der Waals surface area contributed by atoms with Gasteiger partial charge in [0.1, 0.15) is 16.8 Å². The smallest absolute Gasteiger partial charge is 0.444 e. The Kier molecular flexibility index (Phi) is 17.7. The van der Waals surface area contributed by atoms with Gasteiger partial charge in [-0.1, -0.05) is 54.4 Å². The van der Waals surface area contributed by atoms with Gasteiger partial charge in [-0.3, -0.25) is 14.6 Å². The first-order valence-electron chi connectivity index (χ1n) is 24.1. The van der Waals surface area contributed by atoms with E-state index in [2.05, 4.69) is 39.1 Å². The minimum Gasteiger partial charge on any atom is -0.444 e. The lowest BCUT2D eigenvalue weighted by atomic mass is 9.71. The van der Waals surface area contributed by atoms with Crippen molar-refractivity contribution in [2.75, 3.05) is 81.4 Å². The summed E-state index contributed by atoms with van der Waals surface area (Å²) in [5.74, 6) is -0.915. The maximum atomic E-state index is 14.0. The highest BCUT2D eigenvalue weighted by atomic mass is 35.5. The lowest BCUT2D eigenvalue weighted by molar-refractivity contribution is -0.108. The third-order valence-electron chi connectivity index (χ3n) is 13.2. The van der Waals surface area contributed by atoms with Crippen molar-refractivity contribution < 1.29 is 49.1 Å². The molecule has 3 aliphatic rings. The number of anilines is 2. The van der Waals surface area contributed by atoms with Crippen LogP contribution >= 0.6 is 23.4 Å². The Morgan fingerprint density at radius 1 is 0.849 bits per heavy atom. The van der Waals surface area contributed by atoms with Crippen LogP contribution in [0.2, 0.25) is 5.02 Å².